The Labute approximate surface area is 136 Å². The molecule has 0 saturated heterocycles. The first-order valence-electron chi connectivity index (χ1n) is 7.92. The van der Waals surface area contributed by atoms with Crippen molar-refractivity contribution in [1.82, 2.24) is 5.32 Å². The Morgan fingerprint density at radius 1 is 1.09 bits per heavy atom. The van der Waals surface area contributed by atoms with Crippen molar-refractivity contribution in [3.05, 3.63) is 59.2 Å². The van der Waals surface area contributed by atoms with Crippen LogP contribution >= 0.6 is 0 Å². The zero-order chi connectivity index (χ0) is 16.1. The normalized spacial score (nSPS) is 12.7. The fraction of sp³-hybridized carbons (Fsp3) is 0.316. The van der Waals surface area contributed by atoms with Crippen molar-refractivity contribution in [2.24, 2.45) is 0 Å². The van der Waals surface area contributed by atoms with E-state index < -0.39 is 0 Å². The van der Waals surface area contributed by atoms with Gasteiger partial charge in [-0.05, 0) is 42.2 Å². The molecule has 2 aromatic carbocycles. The van der Waals surface area contributed by atoms with E-state index in [0.717, 1.165) is 29.0 Å². The summed E-state index contributed by atoms with van der Waals surface area (Å²) in [7, 11) is 0. The molecular formula is C19H21NO3. The maximum Gasteiger partial charge on any atom is 0.224 e. The Morgan fingerprint density at radius 2 is 1.78 bits per heavy atom. The molecule has 0 spiro atoms. The summed E-state index contributed by atoms with van der Waals surface area (Å²) in [4.78, 5) is 12.1. The van der Waals surface area contributed by atoms with Crippen LogP contribution in [0.3, 0.4) is 0 Å². The lowest BCUT2D eigenvalue weighted by Crippen LogP contribution is -2.27. The van der Waals surface area contributed by atoms with Crippen LogP contribution in [0.5, 0.6) is 11.5 Å². The van der Waals surface area contributed by atoms with Crippen LogP contribution < -0.4 is 14.8 Å². The number of amides is 1. The number of aryl methyl sites for hydroxylation is 1. The first-order valence-corrected chi connectivity index (χ1v) is 7.92. The van der Waals surface area contributed by atoms with Gasteiger partial charge in [0, 0.05) is 6.54 Å². The Kier molecular flexibility index (Phi) is 4.81. The minimum Gasteiger partial charge on any atom is -0.486 e. The van der Waals surface area contributed by atoms with E-state index in [-0.39, 0.29) is 5.91 Å². The van der Waals surface area contributed by atoms with E-state index in [4.69, 9.17) is 9.47 Å². The number of benzene rings is 2. The zero-order valence-electron chi connectivity index (χ0n) is 13.3. The van der Waals surface area contributed by atoms with Crippen molar-refractivity contribution >= 4 is 5.91 Å². The van der Waals surface area contributed by atoms with Crippen LogP contribution in [0, 0.1) is 6.92 Å². The largest absolute Gasteiger partial charge is 0.486 e. The highest BCUT2D eigenvalue weighted by molar-refractivity contribution is 5.79. The van der Waals surface area contributed by atoms with E-state index in [1.165, 1.54) is 5.56 Å². The third-order valence-corrected chi connectivity index (χ3v) is 3.93. The van der Waals surface area contributed by atoms with Gasteiger partial charge in [0.05, 0.1) is 6.42 Å². The van der Waals surface area contributed by atoms with Crippen LogP contribution in [0.1, 0.15) is 16.7 Å². The lowest BCUT2D eigenvalue weighted by molar-refractivity contribution is -0.120. The summed E-state index contributed by atoms with van der Waals surface area (Å²) in [5.74, 6) is 1.52. The Hall–Kier alpha value is -2.49. The van der Waals surface area contributed by atoms with Gasteiger partial charge in [0.1, 0.15) is 13.2 Å². The molecule has 2 aromatic rings. The third kappa shape index (κ3) is 4.03. The first kappa shape index (κ1) is 15.4. The molecule has 23 heavy (non-hydrogen) atoms. The SMILES string of the molecule is Cc1cc2c(cc1CC(=O)NCCc1ccccc1)OCCO2. The number of hydrogen-bond donors (Lipinski definition) is 1. The van der Waals surface area contributed by atoms with E-state index in [2.05, 4.69) is 17.4 Å². The predicted molar refractivity (Wildman–Crippen MR) is 89.0 cm³/mol. The highest BCUT2D eigenvalue weighted by Crippen LogP contribution is 2.33. The highest BCUT2D eigenvalue weighted by Gasteiger charge is 2.15. The van der Waals surface area contributed by atoms with Crippen molar-refractivity contribution < 1.29 is 14.3 Å². The molecule has 1 aliphatic rings. The number of rotatable bonds is 5. The number of fused-ring (bicyclic) bond motifs is 1. The van der Waals surface area contributed by atoms with Gasteiger partial charge in [0.15, 0.2) is 11.5 Å². The average Bonchev–Trinajstić information content (AvgIpc) is 2.56. The summed E-state index contributed by atoms with van der Waals surface area (Å²) < 4.78 is 11.1. The molecule has 0 bridgehead atoms. The molecule has 0 aliphatic carbocycles. The van der Waals surface area contributed by atoms with Crippen molar-refractivity contribution in [3.8, 4) is 11.5 Å². The number of ether oxygens (including phenoxy) is 2. The van der Waals surface area contributed by atoms with E-state index in [0.29, 0.717) is 26.2 Å². The summed E-state index contributed by atoms with van der Waals surface area (Å²) in [6.07, 6.45) is 1.20. The van der Waals surface area contributed by atoms with Gasteiger partial charge in [0.25, 0.3) is 0 Å². The van der Waals surface area contributed by atoms with Crippen molar-refractivity contribution in [1.29, 1.82) is 0 Å². The Morgan fingerprint density at radius 3 is 2.52 bits per heavy atom. The lowest BCUT2D eigenvalue weighted by atomic mass is 10.0. The molecule has 1 amide bonds. The standard InChI is InChI=1S/C19H21NO3/c1-14-11-17-18(23-10-9-22-17)12-16(14)13-19(21)20-8-7-15-5-3-2-4-6-15/h2-6,11-12H,7-10,13H2,1H3,(H,20,21). The minimum absolute atomic E-state index is 0.0284. The van der Waals surface area contributed by atoms with Crippen molar-refractivity contribution in [2.45, 2.75) is 19.8 Å². The van der Waals surface area contributed by atoms with E-state index in [1.807, 2.05) is 37.3 Å². The molecule has 0 aromatic heterocycles. The summed E-state index contributed by atoms with van der Waals surface area (Å²) >= 11 is 0. The van der Waals surface area contributed by atoms with Crippen LogP contribution in [-0.4, -0.2) is 25.7 Å². The second kappa shape index (κ2) is 7.18. The van der Waals surface area contributed by atoms with Gasteiger partial charge < -0.3 is 14.8 Å². The van der Waals surface area contributed by atoms with Crippen LogP contribution in [0.2, 0.25) is 0 Å². The quantitative estimate of drug-likeness (QED) is 0.923. The molecule has 0 fully saturated rings. The van der Waals surface area contributed by atoms with Gasteiger partial charge in [0.2, 0.25) is 5.91 Å². The number of hydrogen-bond acceptors (Lipinski definition) is 3. The van der Waals surface area contributed by atoms with Gasteiger partial charge >= 0.3 is 0 Å². The highest BCUT2D eigenvalue weighted by atomic mass is 16.6. The first-order chi connectivity index (χ1) is 11.2. The average molecular weight is 311 g/mol. The molecule has 1 N–H and O–H groups in total. The summed E-state index contributed by atoms with van der Waals surface area (Å²) in [5.41, 5.74) is 3.25. The molecule has 3 rings (SSSR count). The van der Waals surface area contributed by atoms with Gasteiger partial charge in [-0.15, -0.1) is 0 Å². The monoisotopic (exact) mass is 311 g/mol. The third-order valence-electron chi connectivity index (χ3n) is 3.93. The second-order valence-electron chi connectivity index (χ2n) is 5.68. The molecule has 4 nitrogen and oxygen atoms in total. The molecule has 1 heterocycles. The van der Waals surface area contributed by atoms with E-state index in [9.17, 15) is 4.79 Å². The van der Waals surface area contributed by atoms with E-state index >= 15 is 0 Å². The van der Waals surface area contributed by atoms with Gasteiger partial charge in [-0.25, -0.2) is 0 Å². The number of carbonyl (C=O) groups is 1. The number of nitrogens with one attached hydrogen (secondary N) is 1. The van der Waals surface area contributed by atoms with Crippen LogP contribution in [0.15, 0.2) is 42.5 Å². The fourth-order valence-electron chi connectivity index (χ4n) is 2.65. The summed E-state index contributed by atoms with van der Waals surface area (Å²) in [5, 5.41) is 2.98. The molecule has 0 atom stereocenters. The predicted octanol–water partition coefficient (Wildman–Crippen LogP) is 2.67. The van der Waals surface area contributed by atoms with Crippen molar-refractivity contribution in [3.63, 3.8) is 0 Å². The molecule has 0 radical (unpaired) electrons. The zero-order valence-corrected chi connectivity index (χ0v) is 13.3. The lowest BCUT2D eigenvalue weighted by Gasteiger charge is -2.20. The molecule has 1 aliphatic heterocycles. The van der Waals surface area contributed by atoms with Gasteiger partial charge in [-0.1, -0.05) is 30.3 Å². The van der Waals surface area contributed by atoms with Crippen LogP contribution in [0.4, 0.5) is 0 Å². The molecule has 120 valence electrons. The molecular weight excluding hydrogens is 290 g/mol. The van der Waals surface area contributed by atoms with Gasteiger partial charge in [-0.3, -0.25) is 4.79 Å². The minimum atomic E-state index is 0.0284. The van der Waals surface area contributed by atoms with Gasteiger partial charge in [-0.2, -0.15) is 0 Å². The number of carbonyl (C=O) groups excluding carboxylic acids is 1. The second-order valence-corrected chi connectivity index (χ2v) is 5.68. The topological polar surface area (TPSA) is 47.6 Å². The Balaban J connectivity index is 1.55. The molecule has 0 unspecified atom stereocenters. The van der Waals surface area contributed by atoms with Crippen molar-refractivity contribution in [2.75, 3.05) is 19.8 Å². The van der Waals surface area contributed by atoms with E-state index in [1.54, 1.807) is 0 Å². The van der Waals surface area contributed by atoms with Crippen LogP contribution in [0.25, 0.3) is 0 Å². The fourth-order valence-corrected chi connectivity index (χ4v) is 2.65. The van der Waals surface area contributed by atoms with Crippen LogP contribution in [-0.2, 0) is 17.6 Å². The maximum absolute atomic E-state index is 12.1. The maximum atomic E-state index is 12.1. The Bertz CT molecular complexity index is 683. The molecule has 4 heteroatoms. The smallest absolute Gasteiger partial charge is 0.224 e. The molecule has 0 saturated carbocycles. The summed E-state index contributed by atoms with van der Waals surface area (Å²) in [6.45, 7) is 3.77. The summed E-state index contributed by atoms with van der Waals surface area (Å²) in [6, 6.07) is 14.0.